The number of nitrogens with zero attached hydrogens (tertiary/aromatic N) is 2. The minimum absolute atomic E-state index is 0.252. The predicted molar refractivity (Wildman–Crippen MR) is 61.6 cm³/mol. The molecule has 1 saturated carbocycles. The number of aromatic nitrogens is 2. The van der Waals surface area contributed by atoms with Crippen LogP contribution in [-0.2, 0) is 0 Å². The topological polar surface area (TPSA) is 58.0 Å². The van der Waals surface area contributed by atoms with E-state index in [0.29, 0.717) is 12.0 Å². The highest BCUT2D eigenvalue weighted by molar-refractivity contribution is 9.10. The van der Waals surface area contributed by atoms with Crippen LogP contribution in [0.25, 0.3) is 0 Å². The van der Waals surface area contributed by atoms with Gasteiger partial charge in [-0.05, 0) is 28.8 Å². The number of aliphatic hydroxyl groups excluding tert-OH is 1. The van der Waals surface area contributed by atoms with Crippen LogP contribution in [0.5, 0.6) is 0 Å². The number of anilines is 1. The molecule has 4 nitrogen and oxygen atoms in total. The number of halogens is 1. The zero-order chi connectivity index (χ0) is 10.7. The third-order valence-corrected chi connectivity index (χ3v) is 3.26. The summed E-state index contributed by atoms with van der Waals surface area (Å²) in [5.74, 6) is 1.14. The van der Waals surface area contributed by atoms with E-state index in [9.17, 15) is 5.11 Å². The standard InChI is InChI=1S/C10H14BrN3O/c11-9-4-13-10(5-12-9)14-8-3-1-2-7(8)6-15/h4-5,7-8,15H,1-3,6H2,(H,13,14). The third kappa shape index (κ3) is 2.66. The molecule has 1 aromatic rings. The molecule has 0 amide bonds. The largest absolute Gasteiger partial charge is 0.396 e. The molecule has 0 saturated heterocycles. The Morgan fingerprint density at radius 3 is 2.93 bits per heavy atom. The molecule has 1 fully saturated rings. The van der Waals surface area contributed by atoms with Gasteiger partial charge in [-0.15, -0.1) is 0 Å². The first kappa shape index (κ1) is 10.8. The quantitative estimate of drug-likeness (QED) is 0.881. The molecule has 1 aliphatic rings. The second-order valence-corrected chi connectivity index (χ2v) is 4.66. The molecule has 0 spiro atoms. The lowest BCUT2D eigenvalue weighted by Gasteiger charge is -2.19. The first-order valence-electron chi connectivity index (χ1n) is 5.14. The number of nitrogens with one attached hydrogen (secondary N) is 1. The lowest BCUT2D eigenvalue weighted by molar-refractivity contribution is 0.222. The van der Waals surface area contributed by atoms with Gasteiger partial charge in [0.2, 0.25) is 0 Å². The van der Waals surface area contributed by atoms with Crippen molar-refractivity contribution in [3.05, 3.63) is 17.0 Å². The summed E-state index contributed by atoms with van der Waals surface area (Å²) in [6, 6.07) is 0.338. The number of hydrogen-bond donors (Lipinski definition) is 2. The van der Waals surface area contributed by atoms with Crippen LogP contribution in [0.4, 0.5) is 5.82 Å². The lowest BCUT2D eigenvalue weighted by Crippen LogP contribution is -2.26. The zero-order valence-corrected chi connectivity index (χ0v) is 9.94. The van der Waals surface area contributed by atoms with E-state index in [2.05, 4.69) is 31.2 Å². The fourth-order valence-electron chi connectivity index (χ4n) is 2.02. The van der Waals surface area contributed by atoms with Crippen LogP contribution in [-0.4, -0.2) is 27.7 Å². The van der Waals surface area contributed by atoms with Gasteiger partial charge in [0.1, 0.15) is 10.4 Å². The maximum atomic E-state index is 9.18. The van der Waals surface area contributed by atoms with Crippen molar-refractivity contribution >= 4 is 21.7 Å². The fourth-order valence-corrected chi connectivity index (χ4v) is 2.23. The van der Waals surface area contributed by atoms with Gasteiger partial charge in [-0.1, -0.05) is 6.42 Å². The second-order valence-electron chi connectivity index (χ2n) is 3.85. The Hall–Kier alpha value is -0.680. The van der Waals surface area contributed by atoms with E-state index < -0.39 is 0 Å². The van der Waals surface area contributed by atoms with Gasteiger partial charge < -0.3 is 10.4 Å². The van der Waals surface area contributed by atoms with E-state index in [1.165, 1.54) is 6.42 Å². The summed E-state index contributed by atoms with van der Waals surface area (Å²) in [6.07, 6.45) is 6.75. The van der Waals surface area contributed by atoms with Crippen LogP contribution in [0.2, 0.25) is 0 Å². The molecule has 2 rings (SSSR count). The van der Waals surface area contributed by atoms with Crippen LogP contribution in [0.1, 0.15) is 19.3 Å². The summed E-state index contributed by atoms with van der Waals surface area (Å²) in [5, 5.41) is 12.5. The van der Waals surface area contributed by atoms with Crippen LogP contribution >= 0.6 is 15.9 Å². The van der Waals surface area contributed by atoms with Gasteiger partial charge in [-0.25, -0.2) is 9.97 Å². The SMILES string of the molecule is OCC1CCCC1Nc1cnc(Br)cn1. The second kappa shape index (κ2) is 4.90. The first-order valence-corrected chi connectivity index (χ1v) is 5.94. The molecule has 0 radical (unpaired) electrons. The average Bonchev–Trinajstić information content (AvgIpc) is 2.69. The Bertz CT molecular complexity index is 317. The maximum Gasteiger partial charge on any atom is 0.144 e. The van der Waals surface area contributed by atoms with Crippen LogP contribution in [0.15, 0.2) is 17.0 Å². The van der Waals surface area contributed by atoms with Gasteiger partial charge in [0.15, 0.2) is 0 Å². The Kier molecular flexibility index (Phi) is 3.53. The van der Waals surface area contributed by atoms with E-state index in [0.717, 1.165) is 23.3 Å². The highest BCUT2D eigenvalue weighted by Crippen LogP contribution is 2.27. The molecule has 2 atom stereocenters. The minimum Gasteiger partial charge on any atom is -0.396 e. The molecular weight excluding hydrogens is 258 g/mol. The van der Waals surface area contributed by atoms with Gasteiger partial charge in [-0.2, -0.15) is 0 Å². The van der Waals surface area contributed by atoms with Gasteiger partial charge in [0.05, 0.1) is 12.4 Å². The minimum atomic E-state index is 0.252. The molecule has 82 valence electrons. The Balaban J connectivity index is 1.99. The highest BCUT2D eigenvalue weighted by Gasteiger charge is 2.26. The summed E-state index contributed by atoms with van der Waals surface area (Å²) in [5.41, 5.74) is 0. The molecule has 1 aliphatic carbocycles. The molecule has 0 aromatic carbocycles. The van der Waals surface area contributed by atoms with Gasteiger partial charge >= 0.3 is 0 Å². The summed E-state index contributed by atoms with van der Waals surface area (Å²) in [7, 11) is 0. The van der Waals surface area contributed by atoms with Crippen LogP contribution in [0, 0.1) is 5.92 Å². The molecule has 1 aromatic heterocycles. The van der Waals surface area contributed by atoms with Crippen molar-refractivity contribution in [2.45, 2.75) is 25.3 Å². The third-order valence-electron chi connectivity index (χ3n) is 2.85. The molecule has 2 N–H and O–H groups in total. The summed E-state index contributed by atoms with van der Waals surface area (Å²) in [4.78, 5) is 8.31. The number of rotatable bonds is 3. The predicted octanol–water partition coefficient (Wildman–Crippen LogP) is 1.81. The van der Waals surface area contributed by atoms with E-state index in [4.69, 9.17) is 0 Å². The molecule has 15 heavy (non-hydrogen) atoms. The average molecular weight is 272 g/mol. The van der Waals surface area contributed by atoms with Crippen molar-refractivity contribution in [2.75, 3.05) is 11.9 Å². The smallest absolute Gasteiger partial charge is 0.144 e. The molecule has 2 unspecified atom stereocenters. The molecule has 1 heterocycles. The van der Waals surface area contributed by atoms with Crippen molar-refractivity contribution in [3.8, 4) is 0 Å². The summed E-state index contributed by atoms with van der Waals surface area (Å²) < 4.78 is 0.734. The highest BCUT2D eigenvalue weighted by atomic mass is 79.9. The number of aliphatic hydroxyl groups is 1. The van der Waals surface area contributed by atoms with Crippen LogP contribution < -0.4 is 5.32 Å². The van der Waals surface area contributed by atoms with Crippen molar-refractivity contribution in [3.63, 3.8) is 0 Å². The monoisotopic (exact) mass is 271 g/mol. The summed E-state index contributed by atoms with van der Waals surface area (Å²) >= 11 is 3.24. The zero-order valence-electron chi connectivity index (χ0n) is 8.36. The fraction of sp³-hybridized carbons (Fsp3) is 0.600. The molecule has 5 heteroatoms. The van der Waals surface area contributed by atoms with Gasteiger partial charge in [0, 0.05) is 18.6 Å². The van der Waals surface area contributed by atoms with Crippen LogP contribution in [0.3, 0.4) is 0 Å². The van der Waals surface area contributed by atoms with Crippen molar-refractivity contribution in [1.82, 2.24) is 9.97 Å². The van der Waals surface area contributed by atoms with Crippen molar-refractivity contribution in [2.24, 2.45) is 5.92 Å². The van der Waals surface area contributed by atoms with Gasteiger partial charge in [-0.3, -0.25) is 0 Å². The maximum absolute atomic E-state index is 9.18. The van der Waals surface area contributed by atoms with E-state index in [-0.39, 0.29) is 6.61 Å². The first-order chi connectivity index (χ1) is 7.29. The van der Waals surface area contributed by atoms with Crippen molar-refractivity contribution in [1.29, 1.82) is 0 Å². The van der Waals surface area contributed by atoms with E-state index >= 15 is 0 Å². The Labute approximate surface area is 97.3 Å². The summed E-state index contributed by atoms with van der Waals surface area (Å²) in [6.45, 7) is 0.252. The van der Waals surface area contributed by atoms with E-state index in [1.54, 1.807) is 12.4 Å². The Morgan fingerprint density at radius 2 is 2.27 bits per heavy atom. The molecule has 0 bridgehead atoms. The van der Waals surface area contributed by atoms with E-state index in [1.807, 2.05) is 0 Å². The van der Waals surface area contributed by atoms with Crippen molar-refractivity contribution < 1.29 is 5.11 Å². The van der Waals surface area contributed by atoms with Gasteiger partial charge in [0.25, 0.3) is 0 Å². The molecular formula is C10H14BrN3O. The Morgan fingerprint density at radius 1 is 1.40 bits per heavy atom. The normalized spacial score (nSPS) is 25.5. The number of hydrogen-bond acceptors (Lipinski definition) is 4. The molecule has 0 aliphatic heterocycles. The lowest BCUT2D eigenvalue weighted by atomic mass is 10.1.